The fourth-order valence-electron chi connectivity index (χ4n) is 1.87. The molecule has 0 aliphatic heterocycles. The molecule has 0 atom stereocenters. The smallest absolute Gasteiger partial charge is 0.304 e. The second kappa shape index (κ2) is 3.59. The molecule has 1 heterocycles. The first kappa shape index (κ1) is 10.6. The second-order valence-electron chi connectivity index (χ2n) is 4.80. The third-order valence-electron chi connectivity index (χ3n) is 2.77. The largest absolute Gasteiger partial charge is 0.481 e. The number of thiazole rings is 1. The molecule has 1 saturated carbocycles. The summed E-state index contributed by atoms with van der Waals surface area (Å²) < 4.78 is 0. The maximum Gasteiger partial charge on any atom is 0.304 e. The molecule has 1 fully saturated rings. The van der Waals surface area contributed by atoms with Gasteiger partial charge in [0, 0.05) is 16.2 Å². The molecule has 82 valence electrons. The lowest BCUT2D eigenvalue weighted by molar-refractivity contribution is -0.138. The molecule has 4 heteroatoms. The lowest BCUT2D eigenvalue weighted by Gasteiger charge is -2.21. The van der Waals surface area contributed by atoms with Crippen LogP contribution in [0.15, 0.2) is 5.51 Å². The van der Waals surface area contributed by atoms with Crippen molar-refractivity contribution in [1.82, 2.24) is 4.98 Å². The number of rotatable bonds is 4. The Balaban J connectivity index is 2.26. The second-order valence-corrected chi connectivity index (χ2v) is 5.65. The maximum atomic E-state index is 10.8. The zero-order valence-corrected chi connectivity index (χ0v) is 9.80. The van der Waals surface area contributed by atoms with Crippen LogP contribution in [0.5, 0.6) is 0 Å². The Hall–Kier alpha value is -0.900. The molecule has 1 aliphatic rings. The van der Waals surface area contributed by atoms with Crippen molar-refractivity contribution in [3.8, 4) is 0 Å². The van der Waals surface area contributed by atoms with Crippen molar-refractivity contribution >= 4 is 17.3 Å². The molecule has 15 heavy (non-hydrogen) atoms. The molecule has 0 aromatic carbocycles. The van der Waals surface area contributed by atoms with E-state index in [9.17, 15) is 4.79 Å². The van der Waals surface area contributed by atoms with Crippen molar-refractivity contribution in [3.63, 3.8) is 0 Å². The highest BCUT2D eigenvalue weighted by Crippen LogP contribution is 2.45. The van der Waals surface area contributed by atoms with Crippen LogP contribution in [0.25, 0.3) is 0 Å². The average molecular weight is 225 g/mol. The minimum Gasteiger partial charge on any atom is -0.481 e. The maximum absolute atomic E-state index is 10.8. The SMILES string of the molecule is CC(C)(CC(=O)O)c1scnc1C1CC1. The summed E-state index contributed by atoms with van der Waals surface area (Å²) in [5.74, 6) is -0.144. The molecule has 2 rings (SSSR count). The van der Waals surface area contributed by atoms with E-state index in [4.69, 9.17) is 5.11 Å². The third-order valence-corrected chi connectivity index (χ3v) is 3.98. The van der Waals surface area contributed by atoms with Crippen molar-refractivity contribution in [1.29, 1.82) is 0 Å². The highest BCUT2D eigenvalue weighted by Gasteiger charge is 2.35. The predicted molar refractivity (Wildman–Crippen MR) is 59.4 cm³/mol. The van der Waals surface area contributed by atoms with Gasteiger partial charge in [0.2, 0.25) is 0 Å². The highest BCUT2D eigenvalue weighted by molar-refractivity contribution is 7.10. The van der Waals surface area contributed by atoms with Gasteiger partial charge >= 0.3 is 5.97 Å². The summed E-state index contributed by atoms with van der Waals surface area (Å²) in [5, 5.41) is 8.88. The van der Waals surface area contributed by atoms with Gasteiger partial charge in [-0.15, -0.1) is 11.3 Å². The monoisotopic (exact) mass is 225 g/mol. The first-order valence-electron chi connectivity index (χ1n) is 5.16. The molecule has 1 aromatic heterocycles. The van der Waals surface area contributed by atoms with Gasteiger partial charge in [-0.3, -0.25) is 4.79 Å². The number of hydrogen-bond donors (Lipinski definition) is 1. The van der Waals surface area contributed by atoms with Crippen LogP contribution in [0.4, 0.5) is 0 Å². The first-order chi connectivity index (χ1) is 7.00. The van der Waals surface area contributed by atoms with E-state index in [1.165, 1.54) is 12.8 Å². The number of aromatic nitrogens is 1. The number of carboxylic acid groups (broad SMARTS) is 1. The van der Waals surface area contributed by atoms with Crippen LogP contribution >= 0.6 is 11.3 Å². The van der Waals surface area contributed by atoms with Crippen molar-refractivity contribution < 1.29 is 9.90 Å². The molecule has 0 spiro atoms. The quantitative estimate of drug-likeness (QED) is 0.857. The highest BCUT2D eigenvalue weighted by atomic mass is 32.1. The third kappa shape index (κ3) is 2.20. The summed E-state index contributed by atoms with van der Waals surface area (Å²) >= 11 is 1.59. The average Bonchev–Trinajstić information content (AvgIpc) is 2.80. The van der Waals surface area contributed by atoms with Crippen molar-refractivity contribution in [2.24, 2.45) is 0 Å². The normalized spacial score (nSPS) is 16.7. The molecule has 1 aromatic rings. The van der Waals surface area contributed by atoms with Crippen LogP contribution in [-0.4, -0.2) is 16.1 Å². The topological polar surface area (TPSA) is 50.2 Å². The van der Waals surface area contributed by atoms with E-state index in [1.807, 2.05) is 19.4 Å². The fourth-order valence-corrected chi connectivity index (χ4v) is 2.87. The zero-order valence-electron chi connectivity index (χ0n) is 8.99. The summed E-state index contributed by atoms with van der Waals surface area (Å²) in [5.41, 5.74) is 2.70. The summed E-state index contributed by atoms with van der Waals surface area (Å²) in [6.07, 6.45) is 2.59. The van der Waals surface area contributed by atoms with Gasteiger partial charge in [-0.2, -0.15) is 0 Å². The summed E-state index contributed by atoms with van der Waals surface area (Å²) in [4.78, 5) is 16.3. The minimum atomic E-state index is -0.741. The van der Waals surface area contributed by atoms with E-state index >= 15 is 0 Å². The van der Waals surface area contributed by atoms with Crippen molar-refractivity contribution in [2.45, 2.75) is 44.4 Å². The Labute approximate surface area is 93.2 Å². The van der Waals surface area contributed by atoms with Gasteiger partial charge in [-0.05, 0) is 12.8 Å². The van der Waals surface area contributed by atoms with Crippen LogP contribution in [-0.2, 0) is 10.2 Å². The molecule has 0 saturated heterocycles. The molecule has 0 amide bonds. The Bertz CT molecular complexity index is 380. The Morgan fingerprint density at radius 3 is 2.87 bits per heavy atom. The molecule has 0 bridgehead atoms. The van der Waals surface area contributed by atoms with Gasteiger partial charge in [0.25, 0.3) is 0 Å². The van der Waals surface area contributed by atoms with Crippen LogP contribution in [0.1, 0.15) is 49.6 Å². The van der Waals surface area contributed by atoms with E-state index in [-0.39, 0.29) is 11.8 Å². The molecule has 1 N–H and O–H groups in total. The molecule has 1 aliphatic carbocycles. The summed E-state index contributed by atoms with van der Waals surface area (Å²) in [7, 11) is 0. The van der Waals surface area contributed by atoms with Crippen LogP contribution < -0.4 is 0 Å². The summed E-state index contributed by atoms with van der Waals surface area (Å²) in [6.45, 7) is 3.97. The van der Waals surface area contributed by atoms with Gasteiger partial charge in [-0.1, -0.05) is 13.8 Å². The van der Waals surface area contributed by atoms with E-state index in [2.05, 4.69) is 4.98 Å². The molecular weight excluding hydrogens is 210 g/mol. The van der Waals surface area contributed by atoms with E-state index in [0.717, 1.165) is 10.6 Å². The fraction of sp³-hybridized carbons (Fsp3) is 0.636. The lowest BCUT2D eigenvalue weighted by Crippen LogP contribution is -2.21. The lowest BCUT2D eigenvalue weighted by atomic mass is 9.86. The van der Waals surface area contributed by atoms with Crippen LogP contribution in [0.2, 0.25) is 0 Å². The van der Waals surface area contributed by atoms with Gasteiger partial charge in [0.1, 0.15) is 0 Å². The number of carbonyl (C=O) groups is 1. The Kier molecular flexibility index (Phi) is 2.54. The van der Waals surface area contributed by atoms with Gasteiger partial charge in [0.15, 0.2) is 0 Å². The number of hydrogen-bond acceptors (Lipinski definition) is 3. The molecule has 0 radical (unpaired) electrons. The van der Waals surface area contributed by atoms with Gasteiger partial charge in [0.05, 0.1) is 17.6 Å². The standard InChI is InChI=1S/C11H15NO2S/c1-11(2,5-8(13)14)10-9(7-3-4-7)12-6-15-10/h6-7H,3-5H2,1-2H3,(H,13,14). The van der Waals surface area contributed by atoms with Crippen molar-refractivity contribution in [2.75, 3.05) is 0 Å². The Morgan fingerprint density at radius 2 is 2.33 bits per heavy atom. The first-order valence-corrected chi connectivity index (χ1v) is 6.04. The van der Waals surface area contributed by atoms with E-state index in [1.54, 1.807) is 11.3 Å². The van der Waals surface area contributed by atoms with Gasteiger partial charge in [-0.25, -0.2) is 4.98 Å². The van der Waals surface area contributed by atoms with Crippen LogP contribution in [0, 0.1) is 0 Å². The predicted octanol–water partition coefficient (Wildman–Crippen LogP) is 2.77. The summed E-state index contributed by atoms with van der Waals surface area (Å²) in [6, 6.07) is 0. The van der Waals surface area contributed by atoms with E-state index < -0.39 is 5.97 Å². The van der Waals surface area contributed by atoms with Crippen LogP contribution in [0.3, 0.4) is 0 Å². The number of carboxylic acids is 1. The Morgan fingerprint density at radius 1 is 1.67 bits per heavy atom. The number of aliphatic carboxylic acids is 1. The molecular formula is C11H15NO2S. The zero-order chi connectivity index (χ0) is 11.1. The molecule has 0 unspecified atom stereocenters. The minimum absolute atomic E-state index is 0.176. The number of nitrogens with zero attached hydrogens (tertiary/aromatic N) is 1. The van der Waals surface area contributed by atoms with Crippen molar-refractivity contribution in [3.05, 3.63) is 16.1 Å². The van der Waals surface area contributed by atoms with E-state index in [0.29, 0.717) is 5.92 Å². The van der Waals surface area contributed by atoms with Gasteiger partial charge < -0.3 is 5.11 Å². The molecule has 3 nitrogen and oxygen atoms in total.